The third-order valence-corrected chi connectivity index (χ3v) is 9.50. The van der Waals surface area contributed by atoms with Gasteiger partial charge in [0.25, 0.3) is 0 Å². The average molecular weight is 357 g/mol. The van der Waals surface area contributed by atoms with Gasteiger partial charge in [0.1, 0.15) is 0 Å². The van der Waals surface area contributed by atoms with Gasteiger partial charge in [-0.1, -0.05) is 46.3 Å². The summed E-state index contributed by atoms with van der Waals surface area (Å²) in [6.07, 6.45) is 4.31. The van der Waals surface area contributed by atoms with E-state index in [1.165, 1.54) is 5.57 Å². The molecule has 0 aliphatic rings. The third-order valence-electron chi connectivity index (χ3n) is 4.89. The monoisotopic (exact) mass is 356 g/mol. The maximum absolute atomic E-state index is 11.7. The summed E-state index contributed by atoms with van der Waals surface area (Å²) in [5.41, 5.74) is 1.25. The van der Waals surface area contributed by atoms with Crippen molar-refractivity contribution >= 4 is 14.3 Å². The number of carbonyl (C=O) groups excluding carboxylic acids is 1. The summed E-state index contributed by atoms with van der Waals surface area (Å²) < 4.78 is 11.5. The van der Waals surface area contributed by atoms with Crippen molar-refractivity contribution in [3.8, 4) is 0 Å². The van der Waals surface area contributed by atoms with Crippen LogP contribution in [0.1, 0.15) is 68.2 Å². The van der Waals surface area contributed by atoms with Crippen LogP contribution in [-0.4, -0.2) is 27.0 Å². The van der Waals surface area contributed by atoms with E-state index in [2.05, 4.69) is 60.7 Å². The molecular weight excluding hydrogens is 316 g/mol. The first-order valence-corrected chi connectivity index (χ1v) is 12.2. The molecule has 0 amide bonds. The summed E-state index contributed by atoms with van der Waals surface area (Å²) in [6.45, 7) is 22.2. The molecule has 24 heavy (non-hydrogen) atoms. The van der Waals surface area contributed by atoms with Gasteiger partial charge < -0.3 is 9.16 Å². The highest BCUT2D eigenvalue weighted by Crippen LogP contribution is 2.37. The second-order valence-electron chi connectivity index (χ2n) is 8.77. The van der Waals surface area contributed by atoms with E-state index in [-0.39, 0.29) is 23.0 Å². The Morgan fingerprint density at radius 3 is 2.17 bits per heavy atom. The van der Waals surface area contributed by atoms with Crippen molar-refractivity contribution < 1.29 is 14.0 Å². The SMILES string of the molecule is CCOC(=O)[C@@H](C)C/C(C)=C/[C@H](C)C[C@H](C)O[Si](C)(C)C(C)(C)C. The van der Waals surface area contributed by atoms with Gasteiger partial charge in [-0.25, -0.2) is 0 Å². The molecule has 142 valence electrons. The number of hydrogen-bond donors (Lipinski definition) is 0. The van der Waals surface area contributed by atoms with Gasteiger partial charge in [0.15, 0.2) is 8.32 Å². The number of rotatable bonds is 9. The highest BCUT2D eigenvalue weighted by atomic mass is 28.4. The van der Waals surface area contributed by atoms with Gasteiger partial charge in [-0.05, 0) is 57.7 Å². The molecule has 0 aromatic rings. The molecule has 0 aliphatic carbocycles. The standard InChI is InChI=1S/C20H40O3Si/c1-11-22-19(21)17(4)13-15(2)12-16(3)14-18(5)23-24(9,10)20(6,7)8/h12,16-18H,11,13-14H2,1-10H3/b15-12+/t16-,17-,18-/m0/s1. The third kappa shape index (κ3) is 8.47. The Hall–Kier alpha value is -0.613. The molecule has 0 saturated carbocycles. The molecule has 0 unspecified atom stereocenters. The minimum absolute atomic E-state index is 0.0747. The summed E-state index contributed by atoms with van der Waals surface area (Å²) in [5, 5.41) is 0.241. The van der Waals surface area contributed by atoms with E-state index in [0.717, 1.165) is 12.8 Å². The van der Waals surface area contributed by atoms with Gasteiger partial charge in [-0.3, -0.25) is 4.79 Å². The van der Waals surface area contributed by atoms with Crippen LogP contribution in [0.5, 0.6) is 0 Å². The second-order valence-corrected chi connectivity index (χ2v) is 13.5. The fourth-order valence-electron chi connectivity index (χ4n) is 2.72. The Morgan fingerprint density at radius 1 is 1.17 bits per heavy atom. The molecule has 4 heteroatoms. The fraction of sp³-hybridized carbons (Fsp3) is 0.850. The molecule has 0 N–H and O–H groups in total. The highest BCUT2D eigenvalue weighted by Gasteiger charge is 2.38. The zero-order valence-corrected chi connectivity index (χ0v) is 18.7. The maximum atomic E-state index is 11.7. The molecular formula is C20H40O3Si. The molecule has 0 bridgehead atoms. The Kier molecular flexibility index (Phi) is 9.51. The van der Waals surface area contributed by atoms with Crippen molar-refractivity contribution in [2.45, 2.75) is 92.5 Å². The summed E-state index contributed by atoms with van der Waals surface area (Å²) in [5.74, 6) is 0.265. The van der Waals surface area contributed by atoms with Crippen molar-refractivity contribution in [2.75, 3.05) is 6.61 Å². The molecule has 3 atom stereocenters. The molecule has 0 radical (unpaired) electrons. The first-order valence-electron chi connectivity index (χ1n) is 9.31. The highest BCUT2D eigenvalue weighted by molar-refractivity contribution is 6.74. The second kappa shape index (κ2) is 9.76. The molecule has 3 nitrogen and oxygen atoms in total. The van der Waals surface area contributed by atoms with Gasteiger partial charge in [-0.2, -0.15) is 0 Å². The zero-order valence-electron chi connectivity index (χ0n) is 17.7. The lowest BCUT2D eigenvalue weighted by molar-refractivity contribution is -0.147. The summed E-state index contributed by atoms with van der Waals surface area (Å²) in [6, 6.07) is 0. The topological polar surface area (TPSA) is 35.5 Å². The smallest absolute Gasteiger partial charge is 0.308 e. The molecule has 0 saturated heterocycles. The van der Waals surface area contributed by atoms with E-state index in [9.17, 15) is 4.79 Å². The summed E-state index contributed by atoms with van der Waals surface area (Å²) in [4.78, 5) is 11.7. The lowest BCUT2D eigenvalue weighted by atomic mass is 9.96. The van der Waals surface area contributed by atoms with Crippen LogP contribution in [0.4, 0.5) is 0 Å². The van der Waals surface area contributed by atoms with Crippen LogP contribution < -0.4 is 0 Å². The number of allylic oxidation sites excluding steroid dienone is 2. The zero-order chi connectivity index (χ0) is 19.1. The molecule has 0 fully saturated rings. The van der Waals surface area contributed by atoms with Crippen molar-refractivity contribution in [3.05, 3.63) is 11.6 Å². The van der Waals surface area contributed by atoms with Crippen LogP contribution in [0.3, 0.4) is 0 Å². The maximum Gasteiger partial charge on any atom is 0.308 e. The van der Waals surface area contributed by atoms with Crippen LogP contribution in [0.2, 0.25) is 18.1 Å². The van der Waals surface area contributed by atoms with Gasteiger partial charge in [-0.15, -0.1) is 0 Å². The van der Waals surface area contributed by atoms with Crippen LogP contribution >= 0.6 is 0 Å². The van der Waals surface area contributed by atoms with Gasteiger partial charge in [0.05, 0.1) is 12.5 Å². The fourth-order valence-corrected chi connectivity index (χ4v) is 4.18. The lowest BCUT2D eigenvalue weighted by Gasteiger charge is -2.38. The minimum Gasteiger partial charge on any atom is -0.466 e. The van der Waals surface area contributed by atoms with E-state index < -0.39 is 8.32 Å². The Labute approximate surface area is 151 Å². The summed E-state index contributed by atoms with van der Waals surface area (Å²) in [7, 11) is -1.71. The van der Waals surface area contributed by atoms with Crippen molar-refractivity contribution in [1.82, 2.24) is 0 Å². The predicted molar refractivity (Wildman–Crippen MR) is 106 cm³/mol. The van der Waals surface area contributed by atoms with Crippen molar-refractivity contribution in [3.63, 3.8) is 0 Å². The molecule has 0 aliphatic heterocycles. The van der Waals surface area contributed by atoms with Crippen LogP contribution in [-0.2, 0) is 14.0 Å². The average Bonchev–Trinajstić information content (AvgIpc) is 2.35. The van der Waals surface area contributed by atoms with Crippen LogP contribution in [0.15, 0.2) is 11.6 Å². The van der Waals surface area contributed by atoms with Gasteiger partial charge in [0, 0.05) is 6.10 Å². The molecule has 0 aromatic carbocycles. The molecule has 0 aromatic heterocycles. The quantitative estimate of drug-likeness (QED) is 0.290. The van der Waals surface area contributed by atoms with E-state index in [1.807, 2.05) is 13.8 Å². The van der Waals surface area contributed by atoms with Crippen molar-refractivity contribution in [2.24, 2.45) is 11.8 Å². The number of esters is 1. The van der Waals surface area contributed by atoms with Crippen LogP contribution in [0, 0.1) is 11.8 Å². The molecule has 0 rings (SSSR count). The van der Waals surface area contributed by atoms with Crippen molar-refractivity contribution in [1.29, 1.82) is 0 Å². The number of hydrogen-bond acceptors (Lipinski definition) is 3. The van der Waals surface area contributed by atoms with E-state index in [0.29, 0.717) is 12.5 Å². The molecule has 0 spiro atoms. The summed E-state index contributed by atoms with van der Waals surface area (Å²) >= 11 is 0. The minimum atomic E-state index is -1.71. The van der Waals surface area contributed by atoms with E-state index >= 15 is 0 Å². The largest absolute Gasteiger partial charge is 0.466 e. The Bertz CT molecular complexity index is 421. The first kappa shape index (κ1) is 23.4. The number of ether oxygens (including phenoxy) is 1. The van der Waals surface area contributed by atoms with E-state index in [1.54, 1.807) is 0 Å². The van der Waals surface area contributed by atoms with Gasteiger partial charge in [0.2, 0.25) is 0 Å². The molecule has 0 heterocycles. The van der Waals surface area contributed by atoms with E-state index in [4.69, 9.17) is 9.16 Å². The Morgan fingerprint density at radius 2 is 1.71 bits per heavy atom. The first-order chi connectivity index (χ1) is 10.8. The normalized spacial score (nSPS) is 17.3. The Balaban J connectivity index is 4.55. The van der Waals surface area contributed by atoms with Crippen LogP contribution in [0.25, 0.3) is 0 Å². The predicted octanol–water partition coefficient (Wildman–Crippen LogP) is 5.96. The van der Waals surface area contributed by atoms with Gasteiger partial charge >= 0.3 is 5.97 Å². The number of carbonyl (C=O) groups is 1. The lowest BCUT2D eigenvalue weighted by Crippen LogP contribution is -2.43.